The molecule has 2 rings (SSSR count). The van der Waals surface area contributed by atoms with Crippen LogP contribution in [-0.2, 0) is 0 Å². The number of rotatable bonds is 3. The molecule has 0 aliphatic carbocycles. The first-order valence-corrected chi connectivity index (χ1v) is 5.74. The van der Waals surface area contributed by atoms with Gasteiger partial charge in [0.1, 0.15) is 6.33 Å². The number of benzene rings is 1. The first-order valence-electron chi connectivity index (χ1n) is 4.99. The molecule has 1 aromatic carbocycles. The molecule has 5 nitrogen and oxygen atoms in total. The van der Waals surface area contributed by atoms with Crippen molar-refractivity contribution in [1.82, 2.24) is 9.97 Å². The Balaban J connectivity index is 2.40. The molecule has 3 N–H and O–H groups in total. The van der Waals surface area contributed by atoms with Crippen molar-refractivity contribution >= 4 is 40.5 Å². The van der Waals surface area contributed by atoms with Gasteiger partial charge in [-0.1, -0.05) is 29.3 Å². The van der Waals surface area contributed by atoms with E-state index in [2.05, 4.69) is 15.3 Å². The van der Waals surface area contributed by atoms with Crippen LogP contribution >= 0.6 is 23.2 Å². The Hall–Kier alpha value is -1.72. The quantitative estimate of drug-likeness (QED) is 0.906. The summed E-state index contributed by atoms with van der Waals surface area (Å²) in [5, 5.41) is 3.85. The molecule has 18 heavy (non-hydrogen) atoms. The minimum atomic E-state index is 0.244. The van der Waals surface area contributed by atoms with Crippen LogP contribution in [-0.4, -0.2) is 17.1 Å². The van der Waals surface area contributed by atoms with E-state index in [9.17, 15) is 0 Å². The van der Waals surface area contributed by atoms with Gasteiger partial charge in [0.2, 0.25) is 5.75 Å². The maximum absolute atomic E-state index is 6.07. The second kappa shape index (κ2) is 5.29. The van der Waals surface area contributed by atoms with Gasteiger partial charge < -0.3 is 15.8 Å². The van der Waals surface area contributed by atoms with Crippen LogP contribution < -0.4 is 15.8 Å². The first-order chi connectivity index (χ1) is 8.63. The van der Waals surface area contributed by atoms with Crippen molar-refractivity contribution in [3.8, 4) is 5.75 Å². The molecule has 0 unspecified atom stereocenters. The molecule has 0 amide bonds. The highest BCUT2D eigenvalue weighted by Gasteiger charge is 2.12. The topological polar surface area (TPSA) is 73.1 Å². The van der Waals surface area contributed by atoms with Crippen LogP contribution in [0.25, 0.3) is 0 Å². The minimum Gasteiger partial charge on any atom is -0.490 e. The summed E-state index contributed by atoms with van der Waals surface area (Å²) in [5.74, 6) is 1.02. The highest BCUT2D eigenvalue weighted by atomic mass is 35.5. The number of ether oxygens (including phenoxy) is 1. The third kappa shape index (κ3) is 2.42. The summed E-state index contributed by atoms with van der Waals surface area (Å²) in [6.45, 7) is 0. The Kier molecular flexibility index (Phi) is 3.74. The Morgan fingerprint density at radius 2 is 2.06 bits per heavy atom. The van der Waals surface area contributed by atoms with E-state index < -0.39 is 0 Å². The Morgan fingerprint density at radius 3 is 2.78 bits per heavy atom. The van der Waals surface area contributed by atoms with Gasteiger partial charge in [0.05, 0.1) is 22.8 Å². The van der Waals surface area contributed by atoms with Gasteiger partial charge in [-0.2, -0.15) is 0 Å². The van der Waals surface area contributed by atoms with E-state index in [1.807, 2.05) is 0 Å². The lowest BCUT2D eigenvalue weighted by molar-refractivity contribution is 0.415. The highest BCUT2D eigenvalue weighted by molar-refractivity contribution is 6.43. The number of methoxy groups -OCH3 is 1. The second-order valence-corrected chi connectivity index (χ2v) is 4.15. The molecular formula is C11H10Cl2N4O. The molecule has 0 fully saturated rings. The summed E-state index contributed by atoms with van der Waals surface area (Å²) in [7, 11) is 1.49. The molecule has 94 valence electrons. The SMILES string of the molecule is COc1c(N)ncnc1Nc1cccc(Cl)c1Cl. The van der Waals surface area contributed by atoms with E-state index in [4.69, 9.17) is 33.7 Å². The van der Waals surface area contributed by atoms with Crippen molar-refractivity contribution < 1.29 is 4.74 Å². The van der Waals surface area contributed by atoms with Gasteiger partial charge in [-0.15, -0.1) is 0 Å². The molecule has 0 bridgehead atoms. The lowest BCUT2D eigenvalue weighted by Crippen LogP contribution is -2.03. The van der Waals surface area contributed by atoms with Crippen LogP contribution in [0.4, 0.5) is 17.3 Å². The van der Waals surface area contributed by atoms with E-state index in [1.165, 1.54) is 13.4 Å². The Labute approximate surface area is 114 Å². The van der Waals surface area contributed by atoms with Crippen LogP contribution in [0.1, 0.15) is 0 Å². The van der Waals surface area contributed by atoms with Gasteiger partial charge >= 0.3 is 0 Å². The molecule has 0 saturated carbocycles. The monoisotopic (exact) mass is 284 g/mol. The normalized spacial score (nSPS) is 10.2. The molecule has 0 saturated heterocycles. The van der Waals surface area contributed by atoms with Gasteiger partial charge in [-0.25, -0.2) is 9.97 Å². The third-order valence-electron chi connectivity index (χ3n) is 2.24. The number of hydrogen-bond donors (Lipinski definition) is 2. The van der Waals surface area contributed by atoms with Crippen molar-refractivity contribution in [1.29, 1.82) is 0 Å². The van der Waals surface area contributed by atoms with Gasteiger partial charge in [-0.3, -0.25) is 0 Å². The molecule has 0 aliphatic rings. The van der Waals surface area contributed by atoms with Gasteiger partial charge in [0.25, 0.3) is 0 Å². The van der Waals surface area contributed by atoms with Crippen LogP contribution in [0.3, 0.4) is 0 Å². The van der Waals surface area contributed by atoms with Crippen molar-refractivity contribution in [3.63, 3.8) is 0 Å². The molecule has 1 aromatic heterocycles. The predicted molar refractivity (Wildman–Crippen MR) is 72.7 cm³/mol. The average Bonchev–Trinajstić information content (AvgIpc) is 2.35. The first kappa shape index (κ1) is 12.7. The summed E-state index contributed by atoms with van der Waals surface area (Å²) < 4.78 is 5.13. The van der Waals surface area contributed by atoms with Crippen LogP contribution in [0.5, 0.6) is 5.75 Å². The average molecular weight is 285 g/mol. The van der Waals surface area contributed by atoms with Gasteiger partial charge in [0.15, 0.2) is 11.6 Å². The highest BCUT2D eigenvalue weighted by Crippen LogP contribution is 2.34. The number of anilines is 3. The van der Waals surface area contributed by atoms with Crippen molar-refractivity contribution in [2.75, 3.05) is 18.2 Å². The number of nitrogens with one attached hydrogen (secondary N) is 1. The fourth-order valence-corrected chi connectivity index (χ4v) is 1.75. The van der Waals surface area contributed by atoms with E-state index in [0.29, 0.717) is 27.3 Å². The molecule has 1 heterocycles. The Morgan fingerprint density at radius 1 is 1.28 bits per heavy atom. The van der Waals surface area contributed by atoms with Gasteiger partial charge in [0, 0.05) is 0 Å². The summed E-state index contributed by atoms with van der Waals surface area (Å²) in [5.41, 5.74) is 6.29. The molecule has 7 heteroatoms. The second-order valence-electron chi connectivity index (χ2n) is 3.37. The van der Waals surface area contributed by atoms with Crippen LogP contribution in [0.15, 0.2) is 24.5 Å². The number of halogens is 2. The Bertz CT molecular complexity index is 577. The van der Waals surface area contributed by atoms with Crippen LogP contribution in [0.2, 0.25) is 10.0 Å². The molecule has 0 aliphatic heterocycles. The number of nitrogen functional groups attached to an aromatic ring is 1. The van der Waals surface area contributed by atoms with E-state index in [0.717, 1.165) is 0 Å². The van der Waals surface area contributed by atoms with Crippen molar-refractivity contribution in [2.24, 2.45) is 0 Å². The summed E-state index contributed by atoms with van der Waals surface area (Å²) in [4.78, 5) is 7.88. The van der Waals surface area contributed by atoms with Crippen molar-refractivity contribution in [3.05, 3.63) is 34.6 Å². The number of aromatic nitrogens is 2. The van der Waals surface area contributed by atoms with E-state index >= 15 is 0 Å². The zero-order valence-electron chi connectivity index (χ0n) is 9.45. The maximum atomic E-state index is 6.07. The number of nitrogens with two attached hydrogens (primary N) is 1. The maximum Gasteiger partial charge on any atom is 0.204 e. The smallest absolute Gasteiger partial charge is 0.204 e. The van der Waals surface area contributed by atoms with E-state index in [1.54, 1.807) is 18.2 Å². The lowest BCUT2D eigenvalue weighted by atomic mass is 10.3. The third-order valence-corrected chi connectivity index (χ3v) is 3.06. The zero-order chi connectivity index (χ0) is 13.1. The molecule has 0 spiro atoms. The molecule has 2 aromatic rings. The molecule has 0 atom stereocenters. The molecule has 0 radical (unpaired) electrons. The summed E-state index contributed by atoms with van der Waals surface area (Å²) >= 11 is 12.0. The number of nitrogens with zero attached hydrogens (tertiary/aromatic N) is 2. The largest absolute Gasteiger partial charge is 0.490 e. The number of hydrogen-bond acceptors (Lipinski definition) is 5. The van der Waals surface area contributed by atoms with Gasteiger partial charge in [-0.05, 0) is 12.1 Å². The fourth-order valence-electron chi connectivity index (χ4n) is 1.41. The lowest BCUT2D eigenvalue weighted by Gasteiger charge is -2.12. The minimum absolute atomic E-state index is 0.244. The van der Waals surface area contributed by atoms with E-state index in [-0.39, 0.29) is 5.82 Å². The standard InChI is InChI=1S/C11H10Cl2N4O/c1-18-9-10(14)15-5-16-11(9)17-7-4-2-3-6(12)8(7)13/h2-5H,1H3,(H3,14,15,16,17). The fraction of sp³-hybridized carbons (Fsp3) is 0.0909. The predicted octanol–water partition coefficient (Wildman–Crippen LogP) is 3.12. The summed E-state index contributed by atoms with van der Waals surface area (Å²) in [6.07, 6.45) is 1.33. The zero-order valence-corrected chi connectivity index (χ0v) is 11.0. The van der Waals surface area contributed by atoms with Crippen LogP contribution in [0, 0.1) is 0 Å². The summed E-state index contributed by atoms with van der Waals surface area (Å²) in [6, 6.07) is 5.24. The van der Waals surface area contributed by atoms with Crippen molar-refractivity contribution in [2.45, 2.75) is 0 Å². The molecular weight excluding hydrogens is 275 g/mol.